The highest BCUT2D eigenvalue weighted by Crippen LogP contribution is 2.25. The third kappa shape index (κ3) is 4.07. The number of morpholine rings is 1. The molecule has 28 heavy (non-hydrogen) atoms. The number of aromatic nitrogens is 1. The molecule has 1 aromatic carbocycles. The van der Waals surface area contributed by atoms with Crippen LogP contribution < -0.4 is 0 Å². The van der Waals surface area contributed by atoms with Crippen molar-refractivity contribution in [2.75, 3.05) is 46.5 Å². The SMILES string of the molecule is COC(=O)Cn1cc(CN2CC[C@H](N3CCOCC3)[C@@H](O)C2)c2ccccc21. The Kier molecular flexibility index (Phi) is 5.96. The smallest absolute Gasteiger partial charge is 0.325 e. The monoisotopic (exact) mass is 387 g/mol. The summed E-state index contributed by atoms with van der Waals surface area (Å²) in [5.74, 6) is -0.256. The Labute approximate surface area is 165 Å². The van der Waals surface area contributed by atoms with Gasteiger partial charge in [-0.15, -0.1) is 0 Å². The molecule has 2 saturated heterocycles. The van der Waals surface area contributed by atoms with Gasteiger partial charge in [0.05, 0.1) is 26.4 Å². The van der Waals surface area contributed by atoms with Crippen LogP contribution in [0.4, 0.5) is 0 Å². The lowest BCUT2D eigenvalue weighted by Crippen LogP contribution is -2.56. The Morgan fingerprint density at radius 2 is 2.04 bits per heavy atom. The average Bonchev–Trinajstić information content (AvgIpc) is 3.06. The number of para-hydroxylation sites is 1. The van der Waals surface area contributed by atoms with Gasteiger partial charge in [0.2, 0.25) is 0 Å². The van der Waals surface area contributed by atoms with Gasteiger partial charge in [-0.1, -0.05) is 18.2 Å². The van der Waals surface area contributed by atoms with Crippen LogP contribution in [-0.2, 0) is 27.4 Å². The zero-order chi connectivity index (χ0) is 19.5. The first kappa shape index (κ1) is 19.4. The van der Waals surface area contributed by atoms with Gasteiger partial charge in [0.1, 0.15) is 6.54 Å². The van der Waals surface area contributed by atoms with Crippen LogP contribution in [0.2, 0.25) is 0 Å². The predicted octanol–water partition coefficient (Wildman–Crippen LogP) is 1.08. The van der Waals surface area contributed by atoms with Crippen molar-refractivity contribution in [3.05, 3.63) is 36.0 Å². The van der Waals surface area contributed by atoms with Crippen LogP contribution in [0.1, 0.15) is 12.0 Å². The maximum atomic E-state index is 11.8. The van der Waals surface area contributed by atoms with Gasteiger partial charge in [-0.2, -0.15) is 0 Å². The van der Waals surface area contributed by atoms with Crippen molar-refractivity contribution in [3.63, 3.8) is 0 Å². The molecule has 4 rings (SSSR count). The molecule has 0 unspecified atom stereocenters. The fraction of sp³-hybridized carbons (Fsp3) is 0.571. The molecule has 152 valence electrons. The zero-order valence-corrected chi connectivity index (χ0v) is 16.4. The van der Waals surface area contributed by atoms with E-state index in [1.54, 1.807) is 0 Å². The number of ether oxygens (including phenoxy) is 2. The number of esters is 1. The highest BCUT2D eigenvalue weighted by Gasteiger charge is 2.33. The standard InChI is InChI=1S/C21H29N3O4/c1-27-21(26)15-24-13-16(17-4-2-3-5-18(17)24)12-22-7-6-19(20(25)14-22)23-8-10-28-11-9-23/h2-5,13,19-20,25H,6-12,14-15H2,1H3/t19-,20-/m0/s1. The molecule has 7 nitrogen and oxygen atoms in total. The molecule has 3 heterocycles. The lowest BCUT2D eigenvalue weighted by Gasteiger charge is -2.43. The molecule has 0 saturated carbocycles. The maximum Gasteiger partial charge on any atom is 0.325 e. The number of carbonyl (C=O) groups is 1. The number of aliphatic hydroxyl groups excluding tert-OH is 1. The summed E-state index contributed by atoms with van der Waals surface area (Å²) in [6, 6.07) is 8.35. The molecule has 1 aromatic heterocycles. The normalized spacial score (nSPS) is 24.5. The van der Waals surface area contributed by atoms with Crippen LogP contribution >= 0.6 is 0 Å². The van der Waals surface area contributed by atoms with Crippen LogP contribution in [0.3, 0.4) is 0 Å². The van der Waals surface area contributed by atoms with Gasteiger partial charge >= 0.3 is 5.97 Å². The highest BCUT2D eigenvalue weighted by molar-refractivity contribution is 5.85. The minimum Gasteiger partial charge on any atom is -0.468 e. The van der Waals surface area contributed by atoms with Gasteiger partial charge in [-0.25, -0.2) is 0 Å². The Morgan fingerprint density at radius 3 is 2.79 bits per heavy atom. The fourth-order valence-corrected chi connectivity index (χ4v) is 4.49. The summed E-state index contributed by atoms with van der Waals surface area (Å²) in [5.41, 5.74) is 2.21. The second kappa shape index (κ2) is 8.61. The number of aliphatic hydroxyl groups is 1. The molecule has 0 aliphatic carbocycles. The molecule has 2 atom stereocenters. The summed E-state index contributed by atoms with van der Waals surface area (Å²) in [5, 5.41) is 11.9. The number of likely N-dealkylation sites (tertiary alicyclic amines) is 1. The molecule has 1 N–H and O–H groups in total. The summed E-state index contributed by atoms with van der Waals surface area (Å²) in [7, 11) is 1.41. The average molecular weight is 387 g/mol. The molecule has 2 fully saturated rings. The topological polar surface area (TPSA) is 67.2 Å². The van der Waals surface area contributed by atoms with Crippen LogP contribution in [0, 0.1) is 0 Å². The number of methoxy groups -OCH3 is 1. The molecule has 2 aliphatic rings. The van der Waals surface area contributed by atoms with E-state index in [1.807, 2.05) is 29.0 Å². The number of nitrogens with zero attached hydrogens (tertiary/aromatic N) is 3. The number of carbonyl (C=O) groups excluding carboxylic acids is 1. The van der Waals surface area contributed by atoms with Crippen molar-refractivity contribution >= 4 is 16.9 Å². The van der Waals surface area contributed by atoms with E-state index in [1.165, 1.54) is 12.7 Å². The molecular formula is C21H29N3O4. The number of piperidine rings is 1. The van der Waals surface area contributed by atoms with E-state index >= 15 is 0 Å². The zero-order valence-electron chi connectivity index (χ0n) is 16.4. The summed E-state index contributed by atoms with van der Waals surface area (Å²) in [6.45, 7) is 5.92. The van der Waals surface area contributed by atoms with Crippen LogP contribution in [0.25, 0.3) is 10.9 Å². The summed E-state index contributed by atoms with van der Waals surface area (Å²) in [6.07, 6.45) is 2.65. The summed E-state index contributed by atoms with van der Waals surface area (Å²) < 4.78 is 12.2. The summed E-state index contributed by atoms with van der Waals surface area (Å²) in [4.78, 5) is 16.4. The van der Waals surface area contributed by atoms with Crippen LogP contribution in [0.5, 0.6) is 0 Å². The minimum absolute atomic E-state index is 0.207. The van der Waals surface area contributed by atoms with Gasteiger partial charge in [-0.05, 0) is 18.1 Å². The van der Waals surface area contributed by atoms with Crippen molar-refractivity contribution in [2.45, 2.75) is 31.7 Å². The van der Waals surface area contributed by atoms with Gasteiger partial charge in [0, 0.05) is 55.9 Å². The van der Waals surface area contributed by atoms with Crippen molar-refractivity contribution in [2.24, 2.45) is 0 Å². The lowest BCUT2D eigenvalue weighted by atomic mass is 9.99. The van der Waals surface area contributed by atoms with Gasteiger partial charge in [0.25, 0.3) is 0 Å². The second-order valence-corrected chi connectivity index (χ2v) is 7.68. The first-order valence-electron chi connectivity index (χ1n) is 10.0. The number of hydrogen-bond acceptors (Lipinski definition) is 6. The number of fused-ring (bicyclic) bond motifs is 1. The Bertz CT molecular complexity index is 815. The number of benzene rings is 1. The Hall–Kier alpha value is -1.93. The van der Waals surface area contributed by atoms with Crippen molar-refractivity contribution in [1.29, 1.82) is 0 Å². The van der Waals surface area contributed by atoms with E-state index in [0.717, 1.165) is 56.7 Å². The third-order valence-corrected chi connectivity index (χ3v) is 5.94. The third-order valence-electron chi connectivity index (χ3n) is 5.94. The lowest BCUT2D eigenvalue weighted by molar-refractivity contribution is -0.141. The highest BCUT2D eigenvalue weighted by atomic mass is 16.5. The fourth-order valence-electron chi connectivity index (χ4n) is 4.49. The quantitative estimate of drug-likeness (QED) is 0.775. The molecule has 0 radical (unpaired) electrons. The summed E-state index contributed by atoms with van der Waals surface area (Å²) >= 11 is 0. The van der Waals surface area contributed by atoms with Gasteiger partial charge in [-0.3, -0.25) is 14.6 Å². The van der Waals surface area contributed by atoms with E-state index in [4.69, 9.17) is 9.47 Å². The van der Waals surface area contributed by atoms with Crippen LogP contribution in [0.15, 0.2) is 30.5 Å². The van der Waals surface area contributed by atoms with Gasteiger partial charge in [0.15, 0.2) is 0 Å². The molecule has 0 spiro atoms. The van der Waals surface area contributed by atoms with Crippen molar-refractivity contribution in [3.8, 4) is 0 Å². The number of rotatable bonds is 5. The molecule has 0 amide bonds. The van der Waals surface area contributed by atoms with Crippen LogP contribution in [-0.4, -0.2) is 84.1 Å². The maximum absolute atomic E-state index is 11.8. The van der Waals surface area contributed by atoms with E-state index in [9.17, 15) is 9.90 Å². The van der Waals surface area contributed by atoms with E-state index in [-0.39, 0.29) is 24.7 Å². The van der Waals surface area contributed by atoms with E-state index < -0.39 is 0 Å². The van der Waals surface area contributed by atoms with Crippen molar-refractivity contribution < 1.29 is 19.4 Å². The molecule has 7 heteroatoms. The van der Waals surface area contributed by atoms with Crippen molar-refractivity contribution in [1.82, 2.24) is 14.4 Å². The predicted molar refractivity (Wildman–Crippen MR) is 106 cm³/mol. The largest absolute Gasteiger partial charge is 0.468 e. The Balaban J connectivity index is 1.46. The second-order valence-electron chi connectivity index (χ2n) is 7.68. The molecular weight excluding hydrogens is 358 g/mol. The molecule has 2 aromatic rings. The molecule has 2 aliphatic heterocycles. The number of hydrogen-bond donors (Lipinski definition) is 1. The van der Waals surface area contributed by atoms with E-state index in [0.29, 0.717) is 6.54 Å². The Morgan fingerprint density at radius 1 is 1.25 bits per heavy atom. The minimum atomic E-state index is -0.352. The van der Waals surface area contributed by atoms with E-state index in [2.05, 4.69) is 15.9 Å². The number of β-amino-alcohol motifs (C(OH)–C–C–N with tert-alkyl or cyclic N) is 1. The molecule has 0 bridgehead atoms. The first-order valence-corrected chi connectivity index (χ1v) is 10.0. The first-order chi connectivity index (χ1) is 13.7. The van der Waals surface area contributed by atoms with Gasteiger partial charge < -0.3 is 19.1 Å².